The fourth-order valence-electron chi connectivity index (χ4n) is 0.513. The van der Waals surface area contributed by atoms with Crippen molar-refractivity contribution in [2.45, 2.75) is 12.8 Å². The highest BCUT2D eigenvalue weighted by atomic mass is 19.3. The smallest absolute Gasteiger partial charge is 0.242 e. The molecule has 0 saturated heterocycles. The SMILES string of the molecule is NCC(CCO)C(F)F. The number of rotatable bonds is 4. The standard InChI is InChI=1S/C5H11F2NO/c6-5(7)4(3-8)1-2-9/h4-5,9H,1-3,8H2. The summed E-state index contributed by atoms with van der Waals surface area (Å²) in [7, 11) is 0. The van der Waals surface area contributed by atoms with Crippen LogP contribution < -0.4 is 5.73 Å². The van der Waals surface area contributed by atoms with Gasteiger partial charge in [-0.1, -0.05) is 0 Å². The lowest BCUT2D eigenvalue weighted by atomic mass is 10.1. The van der Waals surface area contributed by atoms with Gasteiger partial charge in [-0.3, -0.25) is 0 Å². The van der Waals surface area contributed by atoms with Crippen LogP contribution in [0.2, 0.25) is 0 Å². The zero-order valence-electron chi connectivity index (χ0n) is 5.06. The molecule has 0 saturated carbocycles. The van der Waals surface area contributed by atoms with Crippen molar-refractivity contribution < 1.29 is 13.9 Å². The molecule has 1 unspecified atom stereocenters. The molecule has 0 rings (SSSR count). The number of hydrogen-bond acceptors (Lipinski definition) is 2. The van der Waals surface area contributed by atoms with Crippen molar-refractivity contribution in [1.29, 1.82) is 0 Å². The minimum absolute atomic E-state index is 0.0573. The molecule has 9 heavy (non-hydrogen) atoms. The van der Waals surface area contributed by atoms with Gasteiger partial charge in [-0.05, 0) is 6.42 Å². The quantitative estimate of drug-likeness (QED) is 0.584. The maximum atomic E-state index is 11.7. The Morgan fingerprint density at radius 3 is 2.11 bits per heavy atom. The molecule has 2 nitrogen and oxygen atoms in total. The molecule has 0 heterocycles. The van der Waals surface area contributed by atoms with Crippen LogP contribution in [0.25, 0.3) is 0 Å². The Morgan fingerprint density at radius 1 is 1.44 bits per heavy atom. The van der Waals surface area contributed by atoms with E-state index in [4.69, 9.17) is 10.8 Å². The third-order valence-corrected chi connectivity index (χ3v) is 1.16. The Labute approximate surface area is 52.7 Å². The van der Waals surface area contributed by atoms with Crippen LogP contribution in [0.15, 0.2) is 0 Å². The van der Waals surface area contributed by atoms with Gasteiger partial charge in [-0.25, -0.2) is 8.78 Å². The Hall–Kier alpha value is -0.220. The van der Waals surface area contributed by atoms with Crippen molar-refractivity contribution in [1.82, 2.24) is 0 Å². The highest BCUT2D eigenvalue weighted by Crippen LogP contribution is 2.11. The predicted octanol–water partition coefficient (Wildman–Crippen LogP) is 0.209. The van der Waals surface area contributed by atoms with Crippen molar-refractivity contribution in [2.24, 2.45) is 11.7 Å². The molecule has 0 aromatic heterocycles. The summed E-state index contributed by atoms with van der Waals surface area (Å²) in [5, 5.41) is 8.23. The molecule has 0 bridgehead atoms. The summed E-state index contributed by atoms with van der Waals surface area (Å²) in [6.07, 6.45) is -2.31. The van der Waals surface area contributed by atoms with Crippen LogP contribution in [-0.4, -0.2) is 24.7 Å². The average Bonchev–Trinajstić information content (AvgIpc) is 1.82. The number of hydrogen-bond donors (Lipinski definition) is 2. The summed E-state index contributed by atoms with van der Waals surface area (Å²) < 4.78 is 23.4. The van der Waals surface area contributed by atoms with E-state index in [-0.39, 0.29) is 19.6 Å². The van der Waals surface area contributed by atoms with E-state index in [2.05, 4.69) is 0 Å². The predicted molar refractivity (Wildman–Crippen MR) is 30.3 cm³/mol. The van der Waals surface area contributed by atoms with E-state index in [0.717, 1.165) is 0 Å². The zero-order valence-corrected chi connectivity index (χ0v) is 5.06. The first-order valence-corrected chi connectivity index (χ1v) is 2.81. The second kappa shape index (κ2) is 4.64. The molecule has 4 heteroatoms. The summed E-state index contributed by atoms with van der Waals surface area (Å²) >= 11 is 0. The van der Waals surface area contributed by atoms with Gasteiger partial charge < -0.3 is 10.8 Å². The minimum atomic E-state index is -2.40. The zero-order chi connectivity index (χ0) is 7.28. The molecule has 0 aliphatic rings. The number of aliphatic hydroxyl groups is 1. The molecule has 0 spiro atoms. The molecule has 0 radical (unpaired) electrons. The monoisotopic (exact) mass is 139 g/mol. The van der Waals surface area contributed by atoms with Gasteiger partial charge in [0.25, 0.3) is 0 Å². The number of halogens is 2. The number of alkyl halides is 2. The molecule has 0 aromatic carbocycles. The van der Waals surface area contributed by atoms with Gasteiger partial charge >= 0.3 is 0 Å². The molecule has 0 aliphatic heterocycles. The summed E-state index contributed by atoms with van der Waals surface area (Å²) in [5.41, 5.74) is 4.97. The second-order valence-electron chi connectivity index (χ2n) is 1.84. The van der Waals surface area contributed by atoms with Gasteiger partial charge in [0, 0.05) is 19.1 Å². The van der Waals surface area contributed by atoms with Gasteiger partial charge in [0.15, 0.2) is 0 Å². The minimum Gasteiger partial charge on any atom is -0.396 e. The first-order chi connectivity index (χ1) is 4.22. The summed E-state index contributed by atoms with van der Waals surface area (Å²) in [6, 6.07) is 0. The van der Waals surface area contributed by atoms with Crippen LogP contribution in [0.5, 0.6) is 0 Å². The highest BCUT2D eigenvalue weighted by Gasteiger charge is 2.16. The van der Waals surface area contributed by atoms with Crippen LogP contribution in [0.1, 0.15) is 6.42 Å². The molecule has 0 aliphatic carbocycles. The molecule has 56 valence electrons. The van der Waals surface area contributed by atoms with E-state index in [0.29, 0.717) is 0 Å². The van der Waals surface area contributed by atoms with E-state index >= 15 is 0 Å². The molecule has 3 N–H and O–H groups in total. The van der Waals surface area contributed by atoms with E-state index in [1.807, 2.05) is 0 Å². The van der Waals surface area contributed by atoms with Crippen molar-refractivity contribution in [3.8, 4) is 0 Å². The maximum Gasteiger partial charge on any atom is 0.242 e. The molecule has 0 fully saturated rings. The topological polar surface area (TPSA) is 46.2 Å². The van der Waals surface area contributed by atoms with Crippen molar-refractivity contribution in [2.75, 3.05) is 13.2 Å². The molecule has 1 atom stereocenters. The fourth-order valence-corrected chi connectivity index (χ4v) is 0.513. The lowest BCUT2D eigenvalue weighted by Gasteiger charge is -2.10. The Bertz CT molecular complexity index is 70.0. The molecule has 0 amide bonds. The van der Waals surface area contributed by atoms with Crippen molar-refractivity contribution >= 4 is 0 Å². The first kappa shape index (κ1) is 8.78. The summed E-state index contributed by atoms with van der Waals surface area (Å²) in [6.45, 7) is -0.273. The highest BCUT2D eigenvalue weighted by molar-refractivity contribution is 4.60. The maximum absolute atomic E-state index is 11.7. The van der Waals surface area contributed by atoms with E-state index < -0.39 is 12.3 Å². The average molecular weight is 139 g/mol. The third kappa shape index (κ3) is 3.37. The van der Waals surface area contributed by atoms with Crippen molar-refractivity contribution in [3.63, 3.8) is 0 Å². The Balaban J connectivity index is 3.41. The lowest BCUT2D eigenvalue weighted by molar-refractivity contribution is 0.0658. The van der Waals surface area contributed by atoms with E-state index in [1.54, 1.807) is 0 Å². The lowest BCUT2D eigenvalue weighted by Crippen LogP contribution is -2.22. The van der Waals surface area contributed by atoms with Crippen LogP contribution in [-0.2, 0) is 0 Å². The van der Waals surface area contributed by atoms with Crippen LogP contribution in [0.3, 0.4) is 0 Å². The Morgan fingerprint density at radius 2 is 2.00 bits per heavy atom. The molecule has 0 aromatic rings. The molecular weight excluding hydrogens is 128 g/mol. The third-order valence-electron chi connectivity index (χ3n) is 1.16. The van der Waals surface area contributed by atoms with Gasteiger partial charge in [-0.15, -0.1) is 0 Å². The van der Waals surface area contributed by atoms with Gasteiger partial charge in [0.05, 0.1) is 0 Å². The summed E-state index contributed by atoms with van der Waals surface area (Å²) in [4.78, 5) is 0. The second-order valence-corrected chi connectivity index (χ2v) is 1.84. The molecular formula is C5H11F2NO. The summed E-state index contributed by atoms with van der Waals surface area (Å²) in [5.74, 6) is -0.838. The van der Waals surface area contributed by atoms with Crippen LogP contribution >= 0.6 is 0 Å². The van der Waals surface area contributed by atoms with Crippen molar-refractivity contribution in [3.05, 3.63) is 0 Å². The number of aliphatic hydroxyl groups excluding tert-OH is 1. The largest absolute Gasteiger partial charge is 0.396 e. The van der Waals surface area contributed by atoms with Gasteiger partial charge in [0.1, 0.15) is 0 Å². The van der Waals surface area contributed by atoms with E-state index in [1.165, 1.54) is 0 Å². The normalized spacial score (nSPS) is 14.3. The number of nitrogens with two attached hydrogens (primary N) is 1. The van der Waals surface area contributed by atoms with Crippen LogP contribution in [0, 0.1) is 5.92 Å². The first-order valence-electron chi connectivity index (χ1n) is 2.81. The fraction of sp³-hybridized carbons (Fsp3) is 1.00. The Kier molecular flexibility index (Phi) is 4.53. The van der Waals surface area contributed by atoms with E-state index in [9.17, 15) is 8.78 Å². The van der Waals surface area contributed by atoms with Gasteiger partial charge in [0.2, 0.25) is 6.43 Å². The van der Waals surface area contributed by atoms with Gasteiger partial charge in [-0.2, -0.15) is 0 Å². The van der Waals surface area contributed by atoms with Crippen LogP contribution in [0.4, 0.5) is 8.78 Å².